The van der Waals surface area contributed by atoms with Gasteiger partial charge in [-0.15, -0.1) is 0 Å². The molecule has 138 valence electrons. The number of carbonyl (C=O) groups excluding carboxylic acids is 1. The van der Waals surface area contributed by atoms with Crippen LogP contribution >= 0.6 is 12.2 Å². The van der Waals surface area contributed by atoms with Gasteiger partial charge in [0.2, 0.25) is 0 Å². The predicted molar refractivity (Wildman–Crippen MR) is 105 cm³/mol. The van der Waals surface area contributed by atoms with Crippen molar-refractivity contribution < 1.29 is 9.18 Å². The summed E-state index contributed by atoms with van der Waals surface area (Å²) >= 11 is 5.36. The number of para-hydroxylation sites is 2. The minimum atomic E-state index is -0.236. The lowest BCUT2D eigenvalue weighted by atomic mass is 10.2. The Morgan fingerprint density at radius 3 is 2.33 bits per heavy atom. The molecule has 0 bridgehead atoms. The number of carbonyl (C=O) groups is 1. The number of benzene rings is 2. The Labute approximate surface area is 161 Å². The molecule has 2 heterocycles. The van der Waals surface area contributed by atoms with Crippen molar-refractivity contribution >= 4 is 23.8 Å². The van der Waals surface area contributed by atoms with Gasteiger partial charge < -0.3 is 14.8 Å². The van der Waals surface area contributed by atoms with E-state index in [9.17, 15) is 9.18 Å². The summed E-state index contributed by atoms with van der Waals surface area (Å²) in [6.45, 7) is 2.23. The smallest absolute Gasteiger partial charge is 0.272 e. The standard InChI is InChI=1S/C20H19FN4OS/c21-16-8-4-5-9-17(16)23-10-12-24(13-11-23)19(26)18-14-22-20(27)25(18)15-6-2-1-3-7-15/h1-9,14H,10-13H2,(H,22,27). The van der Waals surface area contributed by atoms with Crippen LogP contribution in [0.4, 0.5) is 10.1 Å². The van der Waals surface area contributed by atoms with E-state index in [2.05, 4.69) is 4.98 Å². The van der Waals surface area contributed by atoms with Crippen molar-refractivity contribution in [2.75, 3.05) is 31.1 Å². The molecule has 27 heavy (non-hydrogen) atoms. The molecule has 0 saturated carbocycles. The molecule has 2 aromatic carbocycles. The number of hydrogen-bond acceptors (Lipinski definition) is 3. The molecule has 1 N–H and O–H groups in total. The monoisotopic (exact) mass is 382 g/mol. The zero-order chi connectivity index (χ0) is 18.8. The fourth-order valence-corrected chi connectivity index (χ4v) is 3.64. The van der Waals surface area contributed by atoms with Crippen molar-refractivity contribution in [2.24, 2.45) is 0 Å². The summed E-state index contributed by atoms with van der Waals surface area (Å²) in [6, 6.07) is 16.3. The van der Waals surface area contributed by atoms with E-state index in [1.165, 1.54) is 6.07 Å². The first-order valence-corrected chi connectivity index (χ1v) is 9.20. The number of aromatic nitrogens is 2. The lowest BCUT2D eigenvalue weighted by Crippen LogP contribution is -2.49. The highest BCUT2D eigenvalue weighted by atomic mass is 32.1. The third kappa shape index (κ3) is 3.38. The number of halogens is 1. The quantitative estimate of drug-likeness (QED) is 0.704. The Balaban J connectivity index is 1.53. The number of hydrogen-bond donors (Lipinski definition) is 1. The number of imidazole rings is 1. The van der Waals surface area contributed by atoms with Gasteiger partial charge in [-0.25, -0.2) is 4.39 Å². The second-order valence-corrected chi connectivity index (χ2v) is 6.77. The van der Waals surface area contributed by atoms with Crippen LogP contribution in [0.3, 0.4) is 0 Å². The van der Waals surface area contributed by atoms with E-state index in [1.54, 1.807) is 27.8 Å². The molecule has 0 radical (unpaired) electrons. The maximum atomic E-state index is 14.0. The van der Waals surface area contributed by atoms with Crippen LogP contribution in [0.5, 0.6) is 0 Å². The van der Waals surface area contributed by atoms with E-state index < -0.39 is 0 Å². The lowest BCUT2D eigenvalue weighted by Gasteiger charge is -2.36. The van der Waals surface area contributed by atoms with Crippen LogP contribution in [-0.2, 0) is 0 Å². The number of piperazine rings is 1. The zero-order valence-corrected chi connectivity index (χ0v) is 15.5. The fourth-order valence-electron chi connectivity index (χ4n) is 3.38. The van der Waals surface area contributed by atoms with Crippen molar-refractivity contribution in [3.8, 4) is 5.69 Å². The summed E-state index contributed by atoms with van der Waals surface area (Å²) in [5.41, 5.74) is 1.93. The van der Waals surface area contributed by atoms with Gasteiger partial charge in [-0.2, -0.15) is 0 Å². The Morgan fingerprint density at radius 1 is 0.963 bits per heavy atom. The maximum Gasteiger partial charge on any atom is 0.272 e. The van der Waals surface area contributed by atoms with Crippen LogP contribution in [0.2, 0.25) is 0 Å². The third-order valence-corrected chi connectivity index (χ3v) is 5.07. The van der Waals surface area contributed by atoms with Gasteiger partial charge in [0.25, 0.3) is 5.91 Å². The van der Waals surface area contributed by atoms with Gasteiger partial charge in [-0.05, 0) is 36.5 Å². The van der Waals surface area contributed by atoms with Crippen molar-refractivity contribution in [1.82, 2.24) is 14.5 Å². The molecular formula is C20H19FN4OS. The summed E-state index contributed by atoms with van der Waals surface area (Å²) < 4.78 is 16.2. The van der Waals surface area contributed by atoms with Crippen molar-refractivity contribution in [1.29, 1.82) is 0 Å². The fraction of sp³-hybridized carbons (Fsp3) is 0.200. The largest absolute Gasteiger partial charge is 0.366 e. The number of aromatic amines is 1. The summed E-state index contributed by atoms with van der Waals surface area (Å²) in [5.74, 6) is -0.319. The highest BCUT2D eigenvalue weighted by Gasteiger charge is 2.26. The van der Waals surface area contributed by atoms with E-state index >= 15 is 0 Å². The average Bonchev–Trinajstić information content (AvgIpc) is 3.10. The normalized spacial score (nSPS) is 14.4. The summed E-state index contributed by atoms with van der Waals surface area (Å²) in [5, 5.41) is 0. The summed E-state index contributed by atoms with van der Waals surface area (Å²) in [4.78, 5) is 19.8. The van der Waals surface area contributed by atoms with E-state index in [0.717, 1.165) is 5.69 Å². The second kappa shape index (κ2) is 7.36. The Bertz CT molecular complexity index is 1010. The number of nitrogens with one attached hydrogen (secondary N) is 1. The van der Waals surface area contributed by atoms with E-state index in [4.69, 9.17) is 12.2 Å². The third-order valence-electron chi connectivity index (χ3n) is 4.77. The van der Waals surface area contributed by atoms with Crippen LogP contribution < -0.4 is 4.90 Å². The Morgan fingerprint density at radius 2 is 1.63 bits per heavy atom. The average molecular weight is 382 g/mol. The maximum absolute atomic E-state index is 14.0. The zero-order valence-electron chi connectivity index (χ0n) is 14.6. The minimum Gasteiger partial charge on any atom is -0.366 e. The van der Waals surface area contributed by atoms with Crippen LogP contribution in [-0.4, -0.2) is 46.5 Å². The van der Waals surface area contributed by atoms with Gasteiger partial charge in [-0.1, -0.05) is 30.3 Å². The molecule has 1 aromatic heterocycles. The predicted octanol–water partition coefficient (Wildman–Crippen LogP) is 3.64. The Hall–Kier alpha value is -2.93. The first-order valence-electron chi connectivity index (χ1n) is 8.80. The van der Waals surface area contributed by atoms with Crippen LogP contribution in [0.1, 0.15) is 10.5 Å². The van der Waals surface area contributed by atoms with E-state index in [0.29, 0.717) is 42.3 Å². The number of H-pyrrole nitrogens is 1. The Kier molecular flexibility index (Phi) is 4.77. The molecule has 1 amide bonds. The number of rotatable bonds is 3. The molecule has 1 saturated heterocycles. The van der Waals surface area contributed by atoms with Gasteiger partial charge in [0.05, 0.1) is 5.69 Å². The second-order valence-electron chi connectivity index (χ2n) is 6.38. The molecule has 7 heteroatoms. The number of anilines is 1. The molecule has 1 fully saturated rings. The highest BCUT2D eigenvalue weighted by molar-refractivity contribution is 7.71. The molecule has 0 spiro atoms. The molecular weight excluding hydrogens is 363 g/mol. The highest BCUT2D eigenvalue weighted by Crippen LogP contribution is 2.21. The first-order chi connectivity index (χ1) is 13.1. The lowest BCUT2D eigenvalue weighted by molar-refractivity contribution is 0.0738. The van der Waals surface area contributed by atoms with Gasteiger partial charge in [0.1, 0.15) is 11.5 Å². The molecule has 3 aromatic rings. The summed E-state index contributed by atoms with van der Waals surface area (Å²) in [7, 11) is 0. The van der Waals surface area contributed by atoms with Gasteiger partial charge in [-0.3, -0.25) is 9.36 Å². The molecule has 0 unspecified atom stereocenters. The van der Waals surface area contributed by atoms with Crippen molar-refractivity contribution in [3.05, 3.63) is 77.1 Å². The topological polar surface area (TPSA) is 44.3 Å². The van der Waals surface area contributed by atoms with Gasteiger partial charge in [0, 0.05) is 38.1 Å². The molecule has 5 nitrogen and oxygen atoms in total. The SMILES string of the molecule is O=C(c1c[nH]c(=S)n1-c1ccccc1)N1CCN(c2ccccc2F)CC1. The molecule has 1 aliphatic heterocycles. The van der Waals surface area contributed by atoms with E-state index in [1.807, 2.05) is 41.3 Å². The molecule has 0 aliphatic carbocycles. The van der Waals surface area contributed by atoms with Crippen molar-refractivity contribution in [2.45, 2.75) is 0 Å². The van der Waals surface area contributed by atoms with Gasteiger partial charge >= 0.3 is 0 Å². The number of amides is 1. The first kappa shape index (κ1) is 17.5. The summed E-state index contributed by atoms with van der Waals surface area (Å²) in [6.07, 6.45) is 1.65. The minimum absolute atomic E-state index is 0.0839. The molecule has 0 atom stereocenters. The number of nitrogens with zero attached hydrogens (tertiary/aromatic N) is 3. The van der Waals surface area contributed by atoms with Crippen LogP contribution in [0, 0.1) is 10.6 Å². The van der Waals surface area contributed by atoms with Crippen LogP contribution in [0.15, 0.2) is 60.8 Å². The van der Waals surface area contributed by atoms with Gasteiger partial charge in [0.15, 0.2) is 4.77 Å². The van der Waals surface area contributed by atoms with Crippen LogP contribution in [0.25, 0.3) is 5.69 Å². The molecule has 1 aliphatic rings. The molecule has 4 rings (SSSR count). The van der Waals surface area contributed by atoms with Crippen molar-refractivity contribution in [3.63, 3.8) is 0 Å². The van der Waals surface area contributed by atoms with E-state index in [-0.39, 0.29) is 11.7 Å².